The van der Waals surface area contributed by atoms with Crippen molar-refractivity contribution in [3.8, 4) is 5.75 Å². The molecule has 1 saturated heterocycles. The lowest BCUT2D eigenvalue weighted by atomic mass is 9.92. The van der Waals surface area contributed by atoms with Crippen molar-refractivity contribution < 1.29 is 9.47 Å². The largest absolute Gasteiger partial charge is 0.496 e. The molecule has 2 unspecified atom stereocenters. The third-order valence-corrected chi connectivity index (χ3v) is 3.92. The van der Waals surface area contributed by atoms with Crippen LogP contribution in [-0.4, -0.2) is 32.9 Å². The fraction of sp³-hybridized carbons (Fsp3) is 0.600. The zero-order valence-corrected chi connectivity index (χ0v) is 12.4. The van der Waals surface area contributed by atoms with Crippen molar-refractivity contribution in [1.29, 1.82) is 0 Å². The predicted octanol–water partition coefficient (Wildman–Crippen LogP) is 2.91. The second-order valence-corrected chi connectivity index (χ2v) is 5.38. The number of halogens is 1. The molecular formula is C15H22ClNO2. The van der Waals surface area contributed by atoms with Crippen LogP contribution in [0.1, 0.15) is 18.9 Å². The topological polar surface area (TPSA) is 30.5 Å². The average Bonchev–Trinajstić information content (AvgIpc) is 2.92. The van der Waals surface area contributed by atoms with Gasteiger partial charge in [-0.2, -0.15) is 0 Å². The number of ether oxygens (including phenoxy) is 2. The summed E-state index contributed by atoms with van der Waals surface area (Å²) in [5.74, 6) is 1.48. The Kier molecular flexibility index (Phi) is 5.49. The molecule has 3 nitrogen and oxygen atoms in total. The van der Waals surface area contributed by atoms with Crippen LogP contribution in [0.2, 0.25) is 5.02 Å². The Balaban J connectivity index is 2.13. The van der Waals surface area contributed by atoms with Gasteiger partial charge in [0.1, 0.15) is 5.75 Å². The van der Waals surface area contributed by atoms with E-state index >= 15 is 0 Å². The fourth-order valence-corrected chi connectivity index (χ4v) is 2.88. The molecule has 0 saturated carbocycles. The van der Waals surface area contributed by atoms with Crippen molar-refractivity contribution in [2.75, 3.05) is 26.9 Å². The highest BCUT2D eigenvalue weighted by atomic mass is 35.5. The van der Waals surface area contributed by atoms with Gasteiger partial charge >= 0.3 is 0 Å². The second-order valence-electron chi connectivity index (χ2n) is 4.95. The molecule has 1 aromatic rings. The van der Waals surface area contributed by atoms with Crippen molar-refractivity contribution in [1.82, 2.24) is 5.32 Å². The van der Waals surface area contributed by atoms with Crippen molar-refractivity contribution in [2.45, 2.75) is 25.8 Å². The van der Waals surface area contributed by atoms with E-state index in [-0.39, 0.29) is 0 Å². The van der Waals surface area contributed by atoms with Gasteiger partial charge in [-0.15, -0.1) is 0 Å². The first-order valence-corrected chi connectivity index (χ1v) is 7.26. The van der Waals surface area contributed by atoms with Crippen molar-refractivity contribution in [2.24, 2.45) is 5.92 Å². The van der Waals surface area contributed by atoms with Gasteiger partial charge in [0, 0.05) is 23.6 Å². The van der Waals surface area contributed by atoms with Gasteiger partial charge in [0.05, 0.1) is 13.7 Å². The Hall–Kier alpha value is -0.770. The minimum absolute atomic E-state index is 0.417. The van der Waals surface area contributed by atoms with E-state index in [4.69, 9.17) is 21.1 Å². The van der Waals surface area contributed by atoms with Crippen molar-refractivity contribution in [3.05, 3.63) is 28.8 Å². The lowest BCUT2D eigenvalue weighted by Crippen LogP contribution is -2.38. The van der Waals surface area contributed by atoms with E-state index in [0.717, 1.165) is 48.9 Å². The van der Waals surface area contributed by atoms with E-state index in [1.807, 2.05) is 18.2 Å². The van der Waals surface area contributed by atoms with E-state index in [0.29, 0.717) is 12.0 Å². The first-order valence-electron chi connectivity index (χ1n) is 6.88. The maximum atomic E-state index is 6.09. The van der Waals surface area contributed by atoms with Gasteiger partial charge in [-0.05, 0) is 43.1 Å². The summed E-state index contributed by atoms with van der Waals surface area (Å²) < 4.78 is 10.9. The summed E-state index contributed by atoms with van der Waals surface area (Å²) in [4.78, 5) is 0. The van der Waals surface area contributed by atoms with E-state index < -0.39 is 0 Å². The third-order valence-electron chi connectivity index (χ3n) is 3.68. The molecule has 2 rings (SSSR count). The lowest BCUT2D eigenvalue weighted by Gasteiger charge is -2.24. The van der Waals surface area contributed by atoms with Crippen LogP contribution in [0.5, 0.6) is 5.75 Å². The fourth-order valence-electron chi connectivity index (χ4n) is 2.68. The number of hydrogen-bond acceptors (Lipinski definition) is 3. The molecule has 1 fully saturated rings. The molecule has 4 heteroatoms. The number of methoxy groups -OCH3 is 1. The summed E-state index contributed by atoms with van der Waals surface area (Å²) in [5, 5.41) is 4.32. The average molecular weight is 284 g/mol. The maximum absolute atomic E-state index is 6.09. The number of hydrogen-bond donors (Lipinski definition) is 1. The molecule has 1 aromatic carbocycles. The molecule has 0 bridgehead atoms. The van der Waals surface area contributed by atoms with Gasteiger partial charge in [0.2, 0.25) is 0 Å². The molecule has 0 radical (unpaired) electrons. The molecule has 0 spiro atoms. The normalized spacial score (nSPS) is 20.5. The van der Waals surface area contributed by atoms with Crippen LogP contribution in [0.4, 0.5) is 0 Å². The zero-order valence-electron chi connectivity index (χ0n) is 11.6. The molecule has 0 aliphatic carbocycles. The molecule has 1 aliphatic rings. The summed E-state index contributed by atoms with van der Waals surface area (Å²) >= 11 is 6.09. The highest BCUT2D eigenvalue weighted by Crippen LogP contribution is 2.27. The van der Waals surface area contributed by atoms with Crippen molar-refractivity contribution >= 4 is 11.6 Å². The summed E-state index contributed by atoms with van der Waals surface area (Å²) in [7, 11) is 1.70. The highest BCUT2D eigenvalue weighted by molar-refractivity contribution is 6.30. The van der Waals surface area contributed by atoms with E-state index in [9.17, 15) is 0 Å². The van der Waals surface area contributed by atoms with E-state index in [1.54, 1.807) is 7.11 Å². The Morgan fingerprint density at radius 3 is 3.00 bits per heavy atom. The molecule has 19 heavy (non-hydrogen) atoms. The molecule has 0 amide bonds. The maximum Gasteiger partial charge on any atom is 0.122 e. The van der Waals surface area contributed by atoms with Crippen LogP contribution in [-0.2, 0) is 11.2 Å². The smallest absolute Gasteiger partial charge is 0.122 e. The summed E-state index contributed by atoms with van der Waals surface area (Å²) in [6.07, 6.45) is 2.05. The van der Waals surface area contributed by atoms with Crippen LogP contribution < -0.4 is 10.1 Å². The predicted molar refractivity (Wildman–Crippen MR) is 78.1 cm³/mol. The summed E-state index contributed by atoms with van der Waals surface area (Å²) in [6.45, 7) is 4.82. The summed E-state index contributed by atoms with van der Waals surface area (Å²) in [6, 6.07) is 6.22. The van der Waals surface area contributed by atoms with Gasteiger partial charge < -0.3 is 14.8 Å². The summed E-state index contributed by atoms with van der Waals surface area (Å²) in [5.41, 5.74) is 1.16. The van der Waals surface area contributed by atoms with Crippen molar-refractivity contribution in [3.63, 3.8) is 0 Å². The lowest BCUT2D eigenvalue weighted by molar-refractivity contribution is 0.176. The minimum Gasteiger partial charge on any atom is -0.496 e. The number of benzene rings is 1. The Bertz CT molecular complexity index is 405. The van der Waals surface area contributed by atoms with Gasteiger partial charge in [-0.3, -0.25) is 0 Å². The quantitative estimate of drug-likeness (QED) is 0.871. The van der Waals surface area contributed by atoms with E-state index in [2.05, 4.69) is 12.2 Å². The third kappa shape index (κ3) is 3.85. The van der Waals surface area contributed by atoms with Crippen LogP contribution in [0, 0.1) is 5.92 Å². The Morgan fingerprint density at radius 2 is 2.37 bits per heavy atom. The molecule has 1 N–H and O–H groups in total. The van der Waals surface area contributed by atoms with Gasteiger partial charge in [-0.1, -0.05) is 18.5 Å². The SMILES string of the molecule is CCNC(Cc1cc(Cl)ccc1OC)C1CCOC1. The van der Waals surface area contributed by atoms with Crippen LogP contribution >= 0.6 is 11.6 Å². The van der Waals surface area contributed by atoms with Crippen LogP contribution in [0.15, 0.2) is 18.2 Å². The first-order chi connectivity index (χ1) is 9.24. The minimum atomic E-state index is 0.417. The van der Waals surface area contributed by atoms with Crippen LogP contribution in [0.3, 0.4) is 0 Å². The molecule has 1 aliphatic heterocycles. The monoisotopic (exact) mass is 283 g/mol. The second kappa shape index (κ2) is 7.13. The Labute approximate surface area is 120 Å². The number of rotatable bonds is 6. The highest BCUT2D eigenvalue weighted by Gasteiger charge is 2.26. The Morgan fingerprint density at radius 1 is 1.53 bits per heavy atom. The van der Waals surface area contributed by atoms with E-state index in [1.165, 1.54) is 0 Å². The van der Waals surface area contributed by atoms with Gasteiger partial charge in [0.25, 0.3) is 0 Å². The molecule has 2 atom stereocenters. The van der Waals surface area contributed by atoms with Crippen LogP contribution in [0.25, 0.3) is 0 Å². The van der Waals surface area contributed by atoms with Gasteiger partial charge in [0.15, 0.2) is 0 Å². The molecular weight excluding hydrogens is 262 g/mol. The van der Waals surface area contributed by atoms with Gasteiger partial charge in [-0.25, -0.2) is 0 Å². The standard InChI is InChI=1S/C15H22ClNO2/c1-3-17-14(11-6-7-19-10-11)9-12-8-13(16)4-5-15(12)18-2/h4-5,8,11,14,17H,3,6-7,9-10H2,1-2H3. The first kappa shape index (κ1) is 14.6. The molecule has 106 valence electrons. The zero-order chi connectivity index (χ0) is 13.7. The number of nitrogens with one attached hydrogen (secondary N) is 1. The number of likely N-dealkylation sites (N-methyl/N-ethyl adjacent to an activating group) is 1. The molecule has 1 heterocycles. The molecule has 0 aromatic heterocycles.